The number of aromatic amines is 1. The normalized spacial score (nSPS) is 12.9. The lowest BCUT2D eigenvalue weighted by molar-refractivity contribution is -0.140. The number of aromatic nitrogens is 2. The molecule has 1 aromatic heterocycles. The molecule has 0 saturated heterocycles. The average molecular weight is 282 g/mol. The van der Waals surface area contributed by atoms with Gasteiger partial charge in [0.1, 0.15) is 5.69 Å². The van der Waals surface area contributed by atoms with Crippen LogP contribution in [0.25, 0.3) is 10.9 Å². The summed E-state index contributed by atoms with van der Waals surface area (Å²) in [5.41, 5.74) is -4.62. The van der Waals surface area contributed by atoms with Crippen LogP contribution in [0, 0.1) is 0 Å². The van der Waals surface area contributed by atoms with Gasteiger partial charge in [-0.05, 0) is 12.1 Å². The molecule has 0 radical (unpaired) electrons. The van der Waals surface area contributed by atoms with Crippen LogP contribution in [-0.4, -0.2) is 9.97 Å². The van der Waals surface area contributed by atoms with Gasteiger partial charge in [0, 0.05) is 5.39 Å². The van der Waals surface area contributed by atoms with Crippen LogP contribution in [0.4, 0.5) is 26.3 Å². The highest BCUT2D eigenvalue weighted by Gasteiger charge is 2.36. The van der Waals surface area contributed by atoms with E-state index in [-0.39, 0.29) is 0 Å². The Morgan fingerprint density at radius 1 is 1.00 bits per heavy atom. The van der Waals surface area contributed by atoms with Crippen molar-refractivity contribution >= 4 is 10.9 Å². The molecule has 19 heavy (non-hydrogen) atoms. The number of hydrogen-bond acceptors (Lipinski definition) is 2. The molecule has 0 saturated carbocycles. The molecule has 0 atom stereocenters. The highest BCUT2D eigenvalue weighted by atomic mass is 19.4. The first-order valence-corrected chi connectivity index (χ1v) is 4.77. The summed E-state index contributed by atoms with van der Waals surface area (Å²) in [7, 11) is 0. The number of rotatable bonds is 0. The third kappa shape index (κ3) is 2.54. The van der Waals surface area contributed by atoms with Crippen molar-refractivity contribution in [3.8, 4) is 0 Å². The van der Waals surface area contributed by atoms with Crippen molar-refractivity contribution in [1.29, 1.82) is 0 Å². The van der Waals surface area contributed by atoms with Crippen LogP contribution in [0.15, 0.2) is 23.0 Å². The van der Waals surface area contributed by atoms with Crippen molar-refractivity contribution in [1.82, 2.24) is 9.97 Å². The summed E-state index contributed by atoms with van der Waals surface area (Å²) in [6.45, 7) is 0. The molecule has 0 aliphatic carbocycles. The van der Waals surface area contributed by atoms with E-state index in [2.05, 4.69) is 4.98 Å². The maximum Gasteiger partial charge on any atom is 0.432 e. The Labute approximate surface area is 100 Å². The molecule has 1 heterocycles. The first-order chi connectivity index (χ1) is 8.59. The summed E-state index contributed by atoms with van der Waals surface area (Å²) in [5.74, 6) is 0. The molecule has 0 unspecified atom stereocenters. The fourth-order valence-corrected chi connectivity index (χ4v) is 1.55. The molecular formula is C10H4F6N2O. The van der Waals surface area contributed by atoms with E-state index in [1.807, 2.05) is 0 Å². The van der Waals surface area contributed by atoms with Crippen molar-refractivity contribution < 1.29 is 26.3 Å². The lowest BCUT2D eigenvalue weighted by atomic mass is 10.1. The molecule has 1 aromatic carbocycles. The van der Waals surface area contributed by atoms with Crippen molar-refractivity contribution in [3.63, 3.8) is 0 Å². The highest BCUT2D eigenvalue weighted by Crippen LogP contribution is 2.35. The molecule has 102 valence electrons. The largest absolute Gasteiger partial charge is 0.432 e. The lowest BCUT2D eigenvalue weighted by Gasteiger charge is -2.11. The molecular weight excluding hydrogens is 278 g/mol. The second kappa shape index (κ2) is 3.97. The average Bonchev–Trinajstić information content (AvgIpc) is 2.24. The quantitative estimate of drug-likeness (QED) is 0.755. The van der Waals surface area contributed by atoms with Crippen LogP contribution in [0.3, 0.4) is 0 Å². The minimum atomic E-state index is -4.89. The molecule has 0 bridgehead atoms. The Hall–Kier alpha value is -2.06. The number of alkyl halides is 6. The summed E-state index contributed by atoms with van der Waals surface area (Å²) in [6.07, 6.45) is -9.61. The fourth-order valence-electron chi connectivity index (χ4n) is 1.55. The van der Waals surface area contributed by atoms with E-state index in [0.29, 0.717) is 18.2 Å². The highest BCUT2D eigenvalue weighted by molar-refractivity contribution is 5.81. The second-order valence-corrected chi connectivity index (χ2v) is 3.64. The Bertz CT molecular complexity index is 685. The van der Waals surface area contributed by atoms with E-state index in [1.165, 1.54) is 4.98 Å². The van der Waals surface area contributed by atoms with Crippen LogP contribution >= 0.6 is 0 Å². The summed E-state index contributed by atoms with van der Waals surface area (Å²) < 4.78 is 75.1. The molecule has 3 nitrogen and oxygen atoms in total. The zero-order valence-electron chi connectivity index (χ0n) is 8.86. The Morgan fingerprint density at radius 3 is 2.16 bits per heavy atom. The number of nitrogens with one attached hydrogen (secondary N) is 1. The van der Waals surface area contributed by atoms with Gasteiger partial charge in [-0.1, -0.05) is 6.07 Å². The topological polar surface area (TPSA) is 45.8 Å². The number of halogens is 6. The fraction of sp³-hybridized carbons (Fsp3) is 0.200. The van der Waals surface area contributed by atoms with Crippen LogP contribution in [0.1, 0.15) is 11.3 Å². The van der Waals surface area contributed by atoms with Crippen LogP contribution in [0.5, 0.6) is 0 Å². The smallest absolute Gasteiger partial charge is 0.301 e. The first-order valence-electron chi connectivity index (χ1n) is 4.77. The minimum absolute atomic E-state index is 0.403. The zero-order chi connectivity index (χ0) is 14.4. The summed E-state index contributed by atoms with van der Waals surface area (Å²) >= 11 is 0. The standard InChI is InChI=1S/C10H4F6N2O/c11-9(12,13)4-1-2-5-6(3-4)17-8(19)18-7(5)10(14,15)16/h1-3H,(H,17,18,19). The molecule has 0 aliphatic rings. The van der Waals surface area contributed by atoms with E-state index in [1.54, 1.807) is 0 Å². The van der Waals surface area contributed by atoms with Gasteiger partial charge in [-0.15, -0.1) is 0 Å². The predicted octanol–water partition coefficient (Wildman–Crippen LogP) is 2.96. The lowest BCUT2D eigenvalue weighted by Crippen LogP contribution is -2.19. The molecule has 0 fully saturated rings. The second-order valence-electron chi connectivity index (χ2n) is 3.64. The van der Waals surface area contributed by atoms with E-state index < -0.39 is 40.2 Å². The molecule has 2 rings (SSSR count). The molecule has 9 heteroatoms. The van der Waals surface area contributed by atoms with Crippen LogP contribution in [-0.2, 0) is 12.4 Å². The van der Waals surface area contributed by atoms with Gasteiger partial charge in [0.15, 0.2) is 0 Å². The van der Waals surface area contributed by atoms with E-state index in [4.69, 9.17) is 0 Å². The van der Waals surface area contributed by atoms with E-state index in [0.717, 1.165) is 0 Å². The Kier molecular flexibility index (Phi) is 2.79. The van der Waals surface area contributed by atoms with Gasteiger partial charge in [-0.3, -0.25) is 0 Å². The van der Waals surface area contributed by atoms with Gasteiger partial charge in [0.2, 0.25) is 0 Å². The van der Waals surface area contributed by atoms with Crippen molar-refractivity contribution in [3.05, 3.63) is 39.9 Å². The predicted molar refractivity (Wildman–Crippen MR) is 52.4 cm³/mol. The van der Waals surface area contributed by atoms with Crippen LogP contribution in [0.2, 0.25) is 0 Å². The van der Waals surface area contributed by atoms with Crippen LogP contribution < -0.4 is 5.69 Å². The van der Waals surface area contributed by atoms with Gasteiger partial charge >= 0.3 is 18.0 Å². The minimum Gasteiger partial charge on any atom is -0.301 e. The molecule has 2 aromatic rings. The molecule has 0 spiro atoms. The van der Waals surface area contributed by atoms with E-state index in [9.17, 15) is 31.1 Å². The summed E-state index contributed by atoms with van der Waals surface area (Å²) in [5, 5.41) is -0.597. The molecule has 0 aliphatic heterocycles. The monoisotopic (exact) mass is 282 g/mol. The number of hydrogen-bond donors (Lipinski definition) is 1. The number of H-pyrrole nitrogens is 1. The Balaban J connectivity index is 2.80. The number of fused-ring (bicyclic) bond motifs is 1. The third-order valence-electron chi connectivity index (χ3n) is 2.33. The molecule has 0 amide bonds. The van der Waals surface area contributed by atoms with Gasteiger partial charge < -0.3 is 4.98 Å². The van der Waals surface area contributed by atoms with Crippen molar-refractivity contribution in [2.45, 2.75) is 12.4 Å². The SMILES string of the molecule is O=c1nc2cc(C(F)(F)F)ccc2c(C(F)(F)F)[nH]1. The summed E-state index contributed by atoms with van der Waals surface area (Å²) in [4.78, 5) is 15.6. The number of nitrogens with zero attached hydrogens (tertiary/aromatic N) is 1. The Morgan fingerprint density at radius 2 is 1.63 bits per heavy atom. The van der Waals surface area contributed by atoms with Gasteiger partial charge in [0.05, 0.1) is 11.1 Å². The maximum absolute atomic E-state index is 12.6. The maximum atomic E-state index is 12.6. The zero-order valence-corrected chi connectivity index (χ0v) is 8.86. The molecule has 1 N–H and O–H groups in total. The van der Waals surface area contributed by atoms with Crippen molar-refractivity contribution in [2.75, 3.05) is 0 Å². The third-order valence-corrected chi connectivity index (χ3v) is 2.33. The van der Waals surface area contributed by atoms with Gasteiger partial charge in [0.25, 0.3) is 0 Å². The summed E-state index contributed by atoms with van der Waals surface area (Å²) in [6, 6.07) is 1.53. The number of benzene rings is 1. The van der Waals surface area contributed by atoms with Gasteiger partial charge in [-0.25, -0.2) is 4.79 Å². The van der Waals surface area contributed by atoms with Gasteiger partial charge in [-0.2, -0.15) is 31.3 Å². The van der Waals surface area contributed by atoms with Crippen molar-refractivity contribution in [2.24, 2.45) is 0 Å². The first kappa shape index (κ1) is 13.4. The van der Waals surface area contributed by atoms with E-state index >= 15 is 0 Å².